The van der Waals surface area contributed by atoms with Gasteiger partial charge in [0.1, 0.15) is 17.2 Å². The molecule has 11 heteroatoms. The Bertz CT molecular complexity index is 1250. The van der Waals surface area contributed by atoms with Crippen LogP contribution in [0.3, 0.4) is 0 Å². The molecular formula is C25H27N7O4. The minimum absolute atomic E-state index is 0.0327. The second-order valence-corrected chi connectivity index (χ2v) is 7.89. The fourth-order valence-electron chi connectivity index (χ4n) is 2.88. The van der Waals surface area contributed by atoms with Gasteiger partial charge in [-0.3, -0.25) is 14.4 Å². The predicted molar refractivity (Wildman–Crippen MR) is 135 cm³/mol. The maximum Gasteiger partial charge on any atom is 0.312 e. The summed E-state index contributed by atoms with van der Waals surface area (Å²) in [7, 11) is 3.74. The van der Waals surface area contributed by atoms with Gasteiger partial charge in [0.05, 0.1) is 13.0 Å². The van der Waals surface area contributed by atoms with Crippen LogP contribution in [0, 0.1) is 0 Å². The second kappa shape index (κ2) is 12.7. The SMILES string of the molecule is CN(C)CCC(=O)Oc1ccccc1/N=N/c1ccc(NC(=O)CNC(=O)c2ccccc2)nc1N. The molecule has 0 spiro atoms. The summed E-state index contributed by atoms with van der Waals surface area (Å²) >= 11 is 0. The van der Waals surface area contributed by atoms with Crippen molar-refractivity contribution in [1.82, 2.24) is 15.2 Å². The van der Waals surface area contributed by atoms with Gasteiger partial charge < -0.3 is 26.0 Å². The van der Waals surface area contributed by atoms with E-state index in [1.807, 2.05) is 19.0 Å². The Balaban J connectivity index is 1.58. The molecule has 0 saturated heterocycles. The summed E-state index contributed by atoms with van der Waals surface area (Å²) in [6.07, 6.45) is 0.235. The average molecular weight is 490 g/mol. The molecule has 36 heavy (non-hydrogen) atoms. The fourth-order valence-corrected chi connectivity index (χ4v) is 2.88. The monoisotopic (exact) mass is 489 g/mol. The van der Waals surface area contributed by atoms with E-state index in [4.69, 9.17) is 10.5 Å². The third-order valence-electron chi connectivity index (χ3n) is 4.73. The van der Waals surface area contributed by atoms with E-state index < -0.39 is 5.91 Å². The lowest BCUT2D eigenvalue weighted by Gasteiger charge is -2.10. The van der Waals surface area contributed by atoms with Gasteiger partial charge in [-0.05, 0) is 50.5 Å². The van der Waals surface area contributed by atoms with Gasteiger partial charge in [0.15, 0.2) is 11.6 Å². The number of hydrogen-bond acceptors (Lipinski definition) is 9. The van der Waals surface area contributed by atoms with Crippen molar-refractivity contribution in [3.05, 3.63) is 72.3 Å². The molecule has 0 fully saturated rings. The number of amides is 2. The predicted octanol–water partition coefficient (Wildman–Crippen LogP) is 3.30. The van der Waals surface area contributed by atoms with E-state index in [9.17, 15) is 14.4 Å². The van der Waals surface area contributed by atoms with Crippen LogP contribution in [0.2, 0.25) is 0 Å². The molecule has 0 bridgehead atoms. The van der Waals surface area contributed by atoms with Crippen LogP contribution in [0.4, 0.5) is 23.0 Å². The normalized spacial score (nSPS) is 10.9. The van der Waals surface area contributed by atoms with Gasteiger partial charge in [-0.1, -0.05) is 30.3 Å². The first-order valence-corrected chi connectivity index (χ1v) is 11.1. The number of rotatable bonds is 10. The number of anilines is 2. The van der Waals surface area contributed by atoms with Gasteiger partial charge >= 0.3 is 5.97 Å². The standard InChI is InChI=1S/C25H27N7O4/c1-32(2)15-14-23(34)36-20-11-7-6-10-18(20)30-31-19-12-13-21(29-24(19)26)28-22(33)16-27-25(35)17-8-4-3-5-9-17/h3-13H,14-16H2,1-2H3,(H,27,35)(H3,26,28,29,33)/b31-30+. The summed E-state index contributed by atoms with van der Waals surface area (Å²) in [4.78, 5) is 42.3. The molecule has 2 aromatic carbocycles. The largest absolute Gasteiger partial charge is 0.424 e. The summed E-state index contributed by atoms with van der Waals surface area (Å²) in [5, 5.41) is 13.3. The van der Waals surface area contributed by atoms with Gasteiger partial charge in [0, 0.05) is 12.1 Å². The van der Waals surface area contributed by atoms with Crippen LogP contribution >= 0.6 is 0 Å². The number of carbonyl (C=O) groups excluding carboxylic acids is 3. The molecule has 4 N–H and O–H groups in total. The molecule has 2 amide bonds. The number of esters is 1. The average Bonchev–Trinajstić information content (AvgIpc) is 2.87. The lowest BCUT2D eigenvalue weighted by atomic mass is 10.2. The van der Waals surface area contributed by atoms with Crippen molar-refractivity contribution in [2.24, 2.45) is 10.2 Å². The van der Waals surface area contributed by atoms with Gasteiger partial charge in [-0.15, -0.1) is 10.2 Å². The van der Waals surface area contributed by atoms with E-state index in [0.717, 1.165) is 0 Å². The molecule has 0 aliphatic carbocycles. The number of ether oxygens (including phenoxy) is 1. The number of para-hydroxylation sites is 1. The number of carbonyl (C=O) groups is 3. The molecule has 0 atom stereocenters. The van der Waals surface area contributed by atoms with E-state index in [1.54, 1.807) is 54.6 Å². The highest BCUT2D eigenvalue weighted by Gasteiger charge is 2.11. The first-order valence-electron chi connectivity index (χ1n) is 11.1. The quantitative estimate of drug-likeness (QED) is 0.224. The molecule has 0 radical (unpaired) electrons. The van der Waals surface area contributed by atoms with Crippen molar-refractivity contribution in [3.63, 3.8) is 0 Å². The Kier molecular flexibility index (Phi) is 9.18. The number of benzene rings is 2. The minimum Gasteiger partial charge on any atom is -0.424 e. The van der Waals surface area contributed by atoms with Crippen molar-refractivity contribution >= 4 is 40.8 Å². The van der Waals surface area contributed by atoms with E-state index in [2.05, 4.69) is 25.8 Å². The van der Waals surface area contributed by atoms with Crippen molar-refractivity contribution in [2.75, 3.05) is 38.2 Å². The first kappa shape index (κ1) is 26.0. The van der Waals surface area contributed by atoms with Gasteiger partial charge in [-0.25, -0.2) is 4.98 Å². The number of aromatic nitrogens is 1. The summed E-state index contributed by atoms with van der Waals surface area (Å²) in [5.74, 6) is -0.709. The van der Waals surface area contributed by atoms with E-state index in [0.29, 0.717) is 17.8 Å². The summed E-state index contributed by atoms with van der Waals surface area (Å²) in [5.41, 5.74) is 7.03. The molecule has 3 rings (SSSR count). The summed E-state index contributed by atoms with van der Waals surface area (Å²) in [6, 6.07) is 18.3. The topological polar surface area (TPSA) is 151 Å². The van der Waals surface area contributed by atoms with Gasteiger partial charge in [0.25, 0.3) is 5.91 Å². The molecule has 0 saturated carbocycles. The van der Waals surface area contributed by atoms with E-state index in [1.165, 1.54) is 12.1 Å². The Hall–Kier alpha value is -4.64. The van der Waals surface area contributed by atoms with Crippen LogP contribution in [0.15, 0.2) is 77.0 Å². The Morgan fingerprint density at radius 1 is 0.944 bits per heavy atom. The molecule has 0 aliphatic heterocycles. The van der Waals surface area contributed by atoms with Crippen LogP contribution < -0.4 is 21.1 Å². The van der Waals surface area contributed by atoms with Crippen molar-refractivity contribution in [1.29, 1.82) is 0 Å². The molecule has 186 valence electrons. The van der Waals surface area contributed by atoms with Crippen molar-refractivity contribution < 1.29 is 19.1 Å². The second-order valence-electron chi connectivity index (χ2n) is 7.89. The fraction of sp³-hybridized carbons (Fsp3) is 0.200. The van der Waals surface area contributed by atoms with Crippen LogP contribution in [0.25, 0.3) is 0 Å². The molecule has 3 aromatic rings. The number of azo groups is 1. The zero-order valence-corrected chi connectivity index (χ0v) is 20.0. The number of nitrogens with one attached hydrogen (secondary N) is 2. The summed E-state index contributed by atoms with van der Waals surface area (Å²) in [6.45, 7) is 0.327. The Morgan fingerprint density at radius 3 is 2.36 bits per heavy atom. The van der Waals surface area contributed by atoms with Crippen LogP contribution in [-0.2, 0) is 9.59 Å². The molecule has 0 aliphatic rings. The zero-order valence-electron chi connectivity index (χ0n) is 20.0. The maximum atomic E-state index is 12.2. The number of nitrogens with two attached hydrogens (primary N) is 1. The maximum absolute atomic E-state index is 12.2. The molecular weight excluding hydrogens is 462 g/mol. The summed E-state index contributed by atoms with van der Waals surface area (Å²) < 4.78 is 5.40. The van der Waals surface area contributed by atoms with Crippen molar-refractivity contribution in [2.45, 2.75) is 6.42 Å². The zero-order chi connectivity index (χ0) is 25.9. The Labute approximate surface area is 208 Å². The number of pyridine rings is 1. The minimum atomic E-state index is -0.467. The Morgan fingerprint density at radius 2 is 1.64 bits per heavy atom. The van der Waals surface area contributed by atoms with Crippen molar-refractivity contribution in [3.8, 4) is 5.75 Å². The molecule has 0 unspecified atom stereocenters. The molecule has 11 nitrogen and oxygen atoms in total. The molecule has 1 heterocycles. The van der Waals surface area contributed by atoms with Crippen LogP contribution in [-0.4, -0.2) is 54.9 Å². The lowest BCUT2D eigenvalue weighted by molar-refractivity contribution is -0.134. The first-order chi connectivity index (χ1) is 17.3. The van der Waals surface area contributed by atoms with Gasteiger partial charge in [-0.2, -0.15) is 0 Å². The number of nitrogens with zero attached hydrogens (tertiary/aromatic N) is 4. The van der Waals surface area contributed by atoms with Gasteiger partial charge in [0.2, 0.25) is 5.91 Å². The lowest BCUT2D eigenvalue weighted by Crippen LogP contribution is -2.33. The highest BCUT2D eigenvalue weighted by Crippen LogP contribution is 2.30. The highest BCUT2D eigenvalue weighted by molar-refractivity contribution is 5.99. The van der Waals surface area contributed by atoms with Crippen LogP contribution in [0.5, 0.6) is 5.75 Å². The van der Waals surface area contributed by atoms with E-state index >= 15 is 0 Å². The number of hydrogen-bond donors (Lipinski definition) is 3. The third kappa shape index (κ3) is 7.99. The smallest absolute Gasteiger partial charge is 0.312 e. The third-order valence-corrected chi connectivity index (χ3v) is 4.73. The highest BCUT2D eigenvalue weighted by atomic mass is 16.5. The molecule has 1 aromatic heterocycles. The van der Waals surface area contributed by atoms with E-state index in [-0.39, 0.29) is 47.9 Å². The number of nitrogen functional groups attached to an aromatic ring is 1. The van der Waals surface area contributed by atoms with Crippen LogP contribution in [0.1, 0.15) is 16.8 Å².